The lowest BCUT2D eigenvalue weighted by molar-refractivity contribution is -0.143. The number of aliphatic hydroxyl groups excluding tert-OH is 1. The molecule has 0 spiro atoms. The standard InChI is InChI=1S/C54H84N6O18/c1-2-44(58-35-48(64)47(63)33-41-34-55-38-59-41)46(62)23-18-39(52(68)69)13-9-10-24-56-50(66)36-77-32-30-75-28-25-57-51(67)37-76-31-29-74-26-12-14-42(61)19-22-45(54(72)73)60-49(65)15-8-6-4-3-5-7-11-27-78-43-20-16-40(17-21-43)53(70)71/h16-17,20-21,34,38-39,44-45,47,58,63H,2-15,18-19,22-33,35-37H2,1H3,(H,55,59)(H,56,66)(H,57,67)(H,60,65)(H,68,69)(H,70,71)(H,72,73)/t39-,44+,45+,47+/m1/s1. The van der Waals surface area contributed by atoms with Gasteiger partial charge in [-0.3, -0.25) is 33.6 Å². The Labute approximate surface area is 456 Å². The average Bonchev–Trinajstić information content (AvgIpc) is 3.93. The number of aromatic nitrogens is 2. The number of carboxylic acid groups (broad SMARTS) is 3. The Balaban J connectivity index is 1.37. The van der Waals surface area contributed by atoms with Crippen LogP contribution in [0.2, 0.25) is 0 Å². The highest BCUT2D eigenvalue weighted by Crippen LogP contribution is 2.18. The van der Waals surface area contributed by atoms with Gasteiger partial charge in [0, 0.05) is 63.7 Å². The number of benzene rings is 1. The van der Waals surface area contributed by atoms with E-state index in [9.17, 15) is 58.5 Å². The van der Waals surface area contributed by atoms with Crippen LogP contribution in [-0.2, 0) is 63.7 Å². The van der Waals surface area contributed by atoms with Gasteiger partial charge in [0.05, 0.1) is 70.0 Å². The molecule has 0 aliphatic carbocycles. The number of hydrogen-bond acceptors (Lipinski definition) is 17. The molecule has 9 N–H and O–H groups in total. The second kappa shape index (κ2) is 42.8. The SMILES string of the molecule is CC[C@H](NCC(=O)[C@@H](O)Cc1cnc[nH]1)C(=O)CC[C@@H](CCCCNC(=O)COCCOCCNC(=O)COCCOCCCC(=O)CC[C@H](NC(=O)CCCCCCCCCOc1ccc(C(=O)O)cc1)C(=O)O)C(=O)O. The molecule has 24 heteroatoms. The van der Waals surface area contributed by atoms with Gasteiger partial charge in [-0.15, -0.1) is 0 Å². The normalized spacial score (nSPS) is 12.7. The fraction of sp³-hybridized carbons (Fsp3) is 0.667. The summed E-state index contributed by atoms with van der Waals surface area (Å²) in [5.41, 5.74) is 0.813. The molecule has 2 aromatic rings. The van der Waals surface area contributed by atoms with Crippen LogP contribution in [-0.4, -0.2) is 181 Å². The van der Waals surface area contributed by atoms with Crippen molar-refractivity contribution in [3.63, 3.8) is 0 Å². The predicted octanol–water partition coefficient (Wildman–Crippen LogP) is 3.37. The summed E-state index contributed by atoms with van der Waals surface area (Å²) in [6, 6.07) is 4.48. The molecule has 0 aliphatic rings. The lowest BCUT2D eigenvalue weighted by atomic mass is 9.93. The van der Waals surface area contributed by atoms with Gasteiger partial charge in [0.25, 0.3) is 0 Å². The number of aliphatic carboxylic acids is 2. The Hall–Kier alpha value is -6.18. The monoisotopic (exact) mass is 1100 g/mol. The van der Waals surface area contributed by atoms with Crippen molar-refractivity contribution in [3.05, 3.63) is 48.0 Å². The molecule has 0 saturated carbocycles. The highest BCUT2D eigenvalue weighted by molar-refractivity contribution is 5.88. The molecule has 0 bridgehead atoms. The van der Waals surface area contributed by atoms with Gasteiger partial charge in [0.1, 0.15) is 42.7 Å². The summed E-state index contributed by atoms with van der Waals surface area (Å²) < 4.78 is 27.1. The summed E-state index contributed by atoms with van der Waals surface area (Å²) in [6.45, 7) is 3.43. The van der Waals surface area contributed by atoms with Crippen molar-refractivity contribution in [3.8, 4) is 5.75 Å². The second-order valence-corrected chi connectivity index (χ2v) is 18.7. The van der Waals surface area contributed by atoms with E-state index in [1.807, 2.05) is 0 Å². The van der Waals surface area contributed by atoms with E-state index in [2.05, 4.69) is 31.2 Å². The number of unbranched alkanes of at least 4 members (excludes halogenated alkanes) is 7. The molecule has 438 valence electrons. The van der Waals surface area contributed by atoms with Crippen LogP contribution in [0, 0.1) is 5.92 Å². The molecule has 1 aromatic heterocycles. The molecule has 1 aromatic carbocycles. The number of rotatable bonds is 51. The molecular formula is C54H84N6O18. The molecule has 24 nitrogen and oxygen atoms in total. The largest absolute Gasteiger partial charge is 0.494 e. The van der Waals surface area contributed by atoms with Crippen LogP contribution in [0.4, 0.5) is 0 Å². The minimum absolute atomic E-state index is 0.00532. The highest BCUT2D eigenvalue weighted by atomic mass is 16.5. The van der Waals surface area contributed by atoms with Crippen molar-refractivity contribution >= 4 is 53.0 Å². The fourth-order valence-corrected chi connectivity index (χ4v) is 7.79. The van der Waals surface area contributed by atoms with Gasteiger partial charge in [-0.25, -0.2) is 14.6 Å². The number of carbonyl (C=O) groups is 9. The summed E-state index contributed by atoms with van der Waals surface area (Å²) in [5.74, 6) is -5.18. The number of aliphatic hydroxyl groups is 1. The molecule has 4 atom stereocenters. The van der Waals surface area contributed by atoms with Crippen molar-refractivity contribution < 1.29 is 87.3 Å². The first-order valence-corrected chi connectivity index (χ1v) is 27.1. The number of aromatic amines is 1. The number of H-pyrrole nitrogens is 1. The lowest BCUT2D eigenvalue weighted by Gasteiger charge is -2.18. The van der Waals surface area contributed by atoms with E-state index in [-0.39, 0.29) is 146 Å². The van der Waals surface area contributed by atoms with Crippen LogP contribution in [0.3, 0.4) is 0 Å². The Kier molecular flexibility index (Phi) is 37.3. The molecule has 0 fully saturated rings. The second-order valence-electron chi connectivity index (χ2n) is 18.7. The van der Waals surface area contributed by atoms with E-state index in [0.717, 1.165) is 38.5 Å². The van der Waals surface area contributed by atoms with Crippen molar-refractivity contribution in [1.82, 2.24) is 31.2 Å². The number of carboxylic acids is 3. The predicted molar refractivity (Wildman–Crippen MR) is 283 cm³/mol. The van der Waals surface area contributed by atoms with Crippen LogP contribution in [0.1, 0.15) is 139 Å². The van der Waals surface area contributed by atoms with E-state index >= 15 is 0 Å². The first-order valence-electron chi connectivity index (χ1n) is 27.1. The van der Waals surface area contributed by atoms with Crippen molar-refractivity contribution in [2.75, 3.05) is 79.1 Å². The van der Waals surface area contributed by atoms with E-state index in [4.69, 9.17) is 28.8 Å². The number of ketones is 3. The Morgan fingerprint density at radius 3 is 1.86 bits per heavy atom. The van der Waals surface area contributed by atoms with Crippen LogP contribution in [0.15, 0.2) is 36.8 Å². The van der Waals surface area contributed by atoms with Crippen molar-refractivity contribution in [2.24, 2.45) is 5.92 Å². The van der Waals surface area contributed by atoms with Gasteiger partial charge < -0.3 is 70.4 Å². The highest BCUT2D eigenvalue weighted by Gasteiger charge is 2.25. The number of carbonyl (C=O) groups excluding carboxylic acids is 6. The first-order chi connectivity index (χ1) is 37.6. The van der Waals surface area contributed by atoms with E-state index < -0.39 is 47.8 Å². The van der Waals surface area contributed by atoms with Gasteiger partial charge in [-0.1, -0.05) is 45.4 Å². The van der Waals surface area contributed by atoms with E-state index in [1.54, 1.807) is 19.1 Å². The third-order valence-electron chi connectivity index (χ3n) is 12.3. The van der Waals surface area contributed by atoms with Crippen LogP contribution >= 0.6 is 0 Å². The number of hydrogen-bond donors (Lipinski definition) is 9. The maximum Gasteiger partial charge on any atom is 0.335 e. The maximum absolute atomic E-state index is 12.8. The summed E-state index contributed by atoms with van der Waals surface area (Å²) in [5, 5.41) is 49.1. The summed E-state index contributed by atoms with van der Waals surface area (Å²) in [4.78, 5) is 115. The number of Topliss-reactive ketones (excluding diaryl/α,β-unsaturated/α-hetero) is 3. The average molecular weight is 1110 g/mol. The van der Waals surface area contributed by atoms with Gasteiger partial charge in [0.15, 0.2) is 5.78 Å². The molecule has 0 saturated heterocycles. The number of nitrogens with one attached hydrogen (secondary N) is 5. The quantitative estimate of drug-likeness (QED) is 0.0429. The topological polar surface area (TPSA) is 357 Å². The minimum Gasteiger partial charge on any atom is -0.494 e. The van der Waals surface area contributed by atoms with E-state index in [1.165, 1.54) is 24.7 Å². The summed E-state index contributed by atoms with van der Waals surface area (Å²) >= 11 is 0. The molecule has 0 aliphatic heterocycles. The van der Waals surface area contributed by atoms with Gasteiger partial charge in [-0.2, -0.15) is 0 Å². The van der Waals surface area contributed by atoms with Crippen LogP contribution in [0.5, 0.6) is 5.75 Å². The number of amides is 3. The van der Waals surface area contributed by atoms with Gasteiger partial charge in [0.2, 0.25) is 17.7 Å². The molecule has 2 rings (SSSR count). The Morgan fingerprint density at radius 1 is 0.590 bits per heavy atom. The first kappa shape index (κ1) is 67.9. The third kappa shape index (κ3) is 33.9. The van der Waals surface area contributed by atoms with Crippen molar-refractivity contribution in [2.45, 2.75) is 147 Å². The maximum atomic E-state index is 12.8. The smallest absolute Gasteiger partial charge is 0.335 e. The number of nitrogens with zero attached hydrogens (tertiary/aromatic N) is 1. The Morgan fingerprint density at radius 2 is 1.23 bits per heavy atom. The fourth-order valence-electron chi connectivity index (χ4n) is 7.79. The zero-order valence-electron chi connectivity index (χ0n) is 45.1. The van der Waals surface area contributed by atoms with Crippen LogP contribution < -0.4 is 26.0 Å². The molecular weight excluding hydrogens is 1020 g/mol. The van der Waals surface area contributed by atoms with Crippen molar-refractivity contribution in [1.29, 1.82) is 0 Å². The number of ether oxygens (including phenoxy) is 5. The number of imidazole rings is 1. The third-order valence-corrected chi connectivity index (χ3v) is 12.3. The molecule has 0 unspecified atom stereocenters. The van der Waals surface area contributed by atoms with E-state index in [0.29, 0.717) is 63.1 Å². The Bertz CT molecular complexity index is 2060. The minimum atomic E-state index is -1.26. The van der Waals surface area contributed by atoms with Gasteiger partial charge >= 0.3 is 17.9 Å². The molecule has 3 amide bonds. The summed E-state index contributed by atoms with van der Waals surface area (Å²) in [7, 11) is 0. The lowest BCUT2D eigenvalue weighted by Crippen LogP contribution is -2.42. The van der Waals surface area contributed by atoms with Gasteiger partial charge in [-0.05, 0) is 75.6 Å². The zero-order valence-corrected chi connectivity index (χ0v) is 45.1. The molecule has 1 heterocycles. The van der Waals surface area contributed by atoms with Crippen LogP contribution in [0.25, 0.3) is 0 Å². The number of aromatic carboxylic acids is 1. The zero-order chi connectivity index (χ0) is 57.2. The molecule has 78 heavy (non-hydrogen) atoms. The molecule has 0 radical (unpaired) electrons. The summed E-state index contributed by atoms with van der Waals surface area (Å²) in [6.07, 6.45) is 10.8.